The predicted octanol–water partition coefficient (Wildman–Crippen LogP) is 4.51. The fourth-order valence-electron chi connectivity index (χ4n) is 3.77. The standard InChI is InChI=1S/C25H25N3O7/c1-2-13-34-25(30)19-16-17(7-8-20(19)27-11-14-33-15-12-27)26-24(29)23-10-9-22(35-23)18-5-3-4-6-21(18)28(31)32/h3-10,16H,2,11-15H2,1H3,(H,26,29). The number of furan rings is 1. The maximum atomic E-state index is 12.8. The third kappa shape index (κ3) is 5.49. The van der Waals surface area contributed by atoms with Gasteiger partial charge < -0.3 is 24.1 Å². The minimum absolute atomic E-state index is 0.0227. The smallest absolute Gasteiger partial charge is 0.340 e. The van der Waals surface area contributed by atoms with E-state index in [-0.39, 0.29) is 22.8 Å². The van der Waals surface area contributed by atoms with Gasteiger partial charge in [0.15, 0.2) is 5.76 Å². The lowest BCUT2D eigenvalue weighted by molar-refractivity contribution is -0.384. The van der Waals surface area contributed by atoms with Crippen molar-refractivity contribution in [2.24, 2.45) is 0 Å². The molecule has 1 aliphatic rings. The van der Waals surface area contributed by atoms with Crippen LogP contribution in [0.5, 0.6) is 0 Å². The summed E-state index contributed by atoms with van der Waals surface area (Å²) in [7, 11) is 0. The van der Waals surface area contributed by atoms with Gasteiger partial charge in [0, 0.05) is 24.8 Å². The summed E-state index contributed by atoms with van der Waals surface area (Å²) in [5, 5.41) is 14.0. The zero-order chi connectivity index (χ0) is 24.8. The Morgan fingerprint density at radius 3 is 2.63 bits per heavy atom. The first-order chi connectivity index (χ1) is 17.0. The van der Waals surface area contributed by atoms with Gasteiger partial charge in [0.2, 0.25) is 0 Å². The number of nitrogens with one attached hydrogen (secondary N) is 1. The Hall–Kier alpha value is -4.18. The molecule has 1 aromatic heterocycles. The lowest BCUT2D eigenvalue weighted by Gasteiger charge is -2.30. The first kappa shape index (κ1) is 24.0. The van der Waals surface area contributed by atoms with Crippen LogP contribution in [0.15, 0.2) is 59.0 Å². The second kappa shape index (κ2) is 10.8. The van der Waals surface area contributed by atoms with Crippen LogP contribution in [0.3, 0.4) is 0 Å². The molecule has 1 fully saturated rings. The Labute approximate surface area is 201 Å². The van der Waals surface area contributed by atoms with E-state index in [9.17, 15) is 19.7 Å². The van der Waals surface area contributed by atoms with Crippen molar-refractivity contribution in [3.8, 4) is 11.3 Å². The van der Waals surface area contributed by atoms with Crippen molar-refractivity contribution in [1.29, 1.82) is 0 Å². The lowest BCUT2D eigenvalue weighted by Crippen LogP contribution is -2.37. The van der Waals surface area contributed by atoms with Crippen LogP contribution in [0.2, 0.25) is 0 Å². The highest BCUT2D eigenvalue weighted by Gasteiger charge is 2.22. The topological polar surface area (TPSA) is 124 Å². The lowest BCUT2D eigenvalue weighted by atomic mass is 10.1. The van der Waals surface area contributed by atoms with Crippen molar-refractivity contribution in [2.45, 2.75) is 13.3 Å². The molecule has 3 aromatic rings. The van der Waals surface area contributed by atoms with E-state index in [1.165, 1.54) is 18.2 Å². The van der Waals surface area contributed by atoms with E-state index in [4.69, 9.17) is 13.9 Å². The molecule has 1 N–H and O–H groups in total. The highest BCUT2D eigenvalue weighted by Crippen LogP contribution is 2.31. The van der Waals surface area contributed by atoms with Gasteiger partial charge in [-0.05, 0) is 42.8 Å². The molecule has 1 amide bonds. The van der Waals surface area contributed by atoms with Gasteiger partial charge in [-0.25, -0.2) is 4.79 Å². The SMILES string of the molecule is CCCOC(=O)c1cc(NC(=O)c2ccc(-c3ccccc3[N+](=O)[O-])o2)ccc1N1CCOCC1. The van der Waals surface area contributed by atoms with Crippen LogP contribution in [0.4, 0.5) is 17.1 Å². The third-order valence-electron chi connectivity index (χ3n) is 5.46. The van der Waals surface area contributed by atoms with Gasteiger partial charge >= 0.3 is 5.97 Å². The number of para-hydroxylation sites is 1. The highest BCUT2D eigenvalue weighted by molar-refractivity contribution is 6.04. The fraction of sp³-hybridized carbons (Fsp3) is 0.280. The van der Waals surface area contributed by atoms with Crippen molar-refractivity contribution >= 4 is 28.9 Å². The summed E-state index contributed by atoms with van der Waals surface area (Å²) >= 11 is 0. The molecule has 4 rings (SSSR count). The first-order valence-corrected chi connectivity index (χ1v) is 11.3. The first-order valence-electron chi connectivity index (χ1n) is 11.3. The normalized spacial score (nSPS) is 13.3. The molecule has 2 heterocycles. The maximum absolute atomic E-state index is 12.8. The van der Waals surface area contributed by atoms with Gasteiger partial charge in [-0.1, -0.05) is 19.1 Å². The molecule has 1 saturated heterocycles. The van der Waals surface area contributed by atoms with E-state index in [0.717, 1.165) is 0 Å². The van der Waals surface area contributed by atoms with E-state index in [1.54, 1.807) is 36.4 Å². The molecule has 10 nitrogen and oxygen atoms in total. The number of nitrogens with zero attached hydrogens (tertiary/aromatic N) is 2. The van der Waals surface area contributed by atoms with Crippen LogP contribution >= 0.6 is 0 Å². The van der Waals surface area contributed by atoms with Gasteiger partial charge in [0.25, 0.3) is 11.6 Å². The van der Waals surface area contributed by atoms with E-state index < -0.39 is 16.8 Å². The number of carbonyl (C=O) groups excluding carboxylic acids is 2. The molecule has 1 aliphatic heterocycles. The molecule has 0 bridgehead atoms. The number of amides is 1. The molecule has 0 atom stereocenters. The number of ether oxygens (including phenoxy) is 2. The van der Waals surface area contributed by atoms with Crippen molar-refractivity contribution in [3.05, 3.63) is 76.0 Å². The molecule has 0 aliphatic carbocycles. The van der Waals surface area contributed by atoms with E-state index in [0.29, 0.717) is 56.3 Å². The zero-order valence-corrected chi connectivity index (χ0v) is 19.2. The number of hydrogen-bond donors (Lipinski definition) is 1. The van der Waals surface area contributed by atoms with Gasteiger partial charge in [0.1, 0.15) is 5.76 Å². The summed E-state index contributed by atoms with van der Waals surface area (Å²) < 4.78 is 16.4. The summed E-state index contributed by atoms with van der Waals surface area (Å²) in [5.74, 6) is -0.845. The number of morpholine rings is 1. The average Bonchev–Trinajstić information content (AvgIpc) is 3.38. The second-order valence-electron chi connectivity index (χ2n) is 7.86. The van der Waals surface area contributed by atoms with Crippen molar-refractivity contribution in [2.75, 3.05) is 43.1 Å². The van der Waals surface area contributed by atoms with E-state index in [2.05, 4.69) is 5.32 Å². The van der Waals surface area contributed by atoms with Crippen LogP contribution in [-0.4, -0.2) is 49.7 Å². The summed E-state index contributed by atoms with van der Waals surface area (Å²) in [6.45, 7) is 4.60. The third-order valence-corrected chi connectivity index (χ3v) is 5.46. The largest absolute Gasteiger partial charge is 0.462 e. The van der Waals surface area contributed by atoms with Crippen molar-refractivity contribution in [1.82, 2.24) is 0 Å². The Balaban J connectivity index is 1.57. The van der Waals surface area contributed by atoms with Gasteiger partial charge in [-0.3, -0.25) is 14.9 Å². The van der Waals surface area contributed by atoms with E-state index in [1.807, 2.05) is 11.8 Å². The zero-order valence-electron chi connectivity index (χ0n) is 19.2. The van der Waals surface area contributed by atoms with Crippen LogP contribution < -0.4 is 10.2 Å². The predicted molar refractivity (Wildman–Crippen MR) is 129 cm³/mol. The summed E-state index contributed by atoms with van der Waals surface area (Å²) in [5.41, 5.74) is 1.59. The molecule has 182 valence electrons. The van der Waals surface area contributed by atoms with Crippen molar-refractivity contribution < 1.29 is 28.4 Å². The van der Waals surface area contributed by atoms with Gasteiger partial charge in [-0.15, -0.1) is 0 Å². The molecular formula is C25H25N3O7. The molecule has 10 heteroatoms. The molecule has 0 unspecified atom stereocenters. The minimum atomic E-state index is -0.554. The minimum Gasteiger partial charge on any atom is -0.462 e. The molecule has 0 saturated carbocycles. The summed E-state index contributed by atoms with van der Waals surface area (Å²) in [6.07, 6.45) is 0.690. The number of hydrogen-bond acceptors (Lipinski definition) is 8. The number of nitro groups is 1. The van der Waals surface area contributed by atoms with E-state index >= 15 is 0 Å². The fourth-order valence-corrected chi connectivity index (χ4v) is 3.77. The molecule has 35 heavy (non-hydrogen) atoms. The average molecular weight is 479 g/mol. The Kier molecular flexibility index (Phi) is 7.41. The van der Waals surface area contributed by atoms with Crippen LogP contribution in [0.1, 0.15) is 34.3 Å². The van der Waals surface area contributed by atoms with Crippen molar-refractivity contribution in [3.63, 3.8) is 0 Å². The number of esters is 1. The molecule has 0 spiro atoms. The number of nitro benzene ring substituents is 1. The Morgan fingerprint density at radius 1 is 1.11 bits per heavy atom. The van der Waals surface area contributed by atoms with Gasteiger partial charge in [-0.2, -0.15) is 0 Å². The Morgan fingerprint density at radius 2 is 1.89 bits per heavy atom. The monoisotopic (exact) mass is 479 g/mol. The molecule has 2 aromatic carbocycles. The van der Waals surface area contributed by atoms with Crippen LogP contribution in [0.25, 0.3) is 11.3 Å². The van der Waals surface area contributed by atoms with Gasteiger partial charge in [0.05, 0.1) is 41.6 Å². The molecule has 0 radical (unpaired) electrons. The Bertz CT molecular complexity index is 1230. The number of carbonyl (C=O) groups is 2. The summed E-state index contributed by atoms with van der Waals surface area (Å²) in [6, 6.07) is 14.1. The number of rotatable bonds is 8. The highest BCUT2D eigenvalue weighted by atomic mass is 16.6. The van der Waals surface area contributed by atoms with Crippen LogP contribution in [0, 0.1) is 10.1 Å². The van der Waals surface area contributed by atoms with Crippen LogP contribution in [-0.2, 0) is 9.47 Å². The number of benzene rings is 2. The second-order valence-corrected chi connectivity index (χ2v) is 7.86. The maximum Gasteiger partial charge on any atom is 0.340 e. The number of anilines is 2. The molecular weight excluding hydrogens is 454 g/mol. The quantitative estimate of drug-likeness (QED) is 0.284. The summed E-state index contributed by atoms with van der Waals surface area (Å²) in [4.78, 5) is 38.4.